The second kappa shape index (κ2) is 8.81. The van der Waals surface area contributed by atoms with Gasteiger partial charge in [-0.1, -0.05) is 63.9 Å². The minimum atomic E-state index is -0.141. The van der Waals surface area contributed by atoms with Crippen LogP contribution in [-0.2, 0) is 0 Å². The van der Waals surface area contributed by atoms with E-state index in [1.807, 2.05) is 6.08 Å². The van der Waals surface area contributed by atoms with Crippen molar-refractivity contribution in [2.24, 2.45) is 5.92 Å². The highest BCUT2D eigenvalue weighted by Crippen LogP contribution is 2.21. The zero-order chi connectivity index (χ0) is 11.6. The minimum absolute atomic E-state index is 0.141. The zero-order valence-electron chi connectivity index (χ0n) is 10.7. The molecule has 0 radical (unpaired) electrons. The van der Waals surface area contributed by atoms with Gasteiger partial charge in [0.25, 0.3) is 0 Å². The van der Waals surface area contributed by atoms with Gasteiger partial charge in [-0.25, -0.2) is 0 Å². The highest BCUT2D eigenvalue weighted by molar-refractivity contribution is 4.84. The fourth-order valence-corrected chi connectivity index (χ4v) is 2.65. The molecule has 0 heterocycles. The molecule has 0 aromatic rings. The lowest BCUT2D eigenvalue weighted by Crippen LogP contribution is -2.18. The molecule has 1 aliphatic rings. The Hall–Kier alpha value is -0.300. The molecule has 1 nitrogen and oxygen atoms in total. The van der Waals surface area contributed by atoms with Crippen LogP contribution in [-0.4, -0.2) is 11.2 Å². The van der Waals surface area contributed by atoms with Crippen molar-refractivity contribution in [2.75, 3.05) is 0 Å². The Morgan fingerprint density at radius 3 is 1.69 bits per heavy atom. The second-order valence-electron chi connectivity index (χ2n) is 5.23. The third kappa shape index (κ3) is 5.69. The molecule has 0 bridgehead atoms. The zero-order valence-corrected chi connectivity index (χ0v) is 10.7. The van der Waals surface area contributed by atoms with Crippen LogP contribution in [0.5, 0.6) is 0 Å². The molecule has 1 N–H and O–H groups in total. The average Bonchev–Trinajstić information content (AvgIpc) is 2.31. The summed E-state index contributed by atoms with van der Waals surface area (Å²) in [5.41, 5.74) is 0. The molecule has 1 saturated carbocycles. The van der Waals surface area contributed by atoms with Crippen LogP contribution in [0.2, 0.25) is 0 Å². The van der Waals surface area contributed by atoms with E-state index >= 15 is 0 Å². The minimum Gasteiger partial charge on any atom is -0.393 e. The van der Waals surface area contributed by atoms with Gasteiger partial charge in [0.15, 0.2) is 0 Å². The Morgan fingerprint density at radius 1 is 0.750 bits per heavy atom. The van der Waals surface area contributed by atoms with Crippen molar-refractivity contribution in [3.05, 3.63) is 12.7 Å². The van der Waals surface area contributed by atoms with Crippen LogP contribution in [0.1, 0.15) is 70.6 Å². The summed E-state index contributed by atoms with van der Waals surface area (Å²) in [6.45, 7) is 3.86. The number of hydrogen-bond acceptors (Lipinski definition) is 1. The number of aliphatic hydroxyl groups is 1. The molecule has 0 saturated heterocycles. The van der Waals surface area contributed by atoms with Crippen LogP contribution in [0.15, 0.2) is 12.7 Å². The third-order valence-corrected chi connectivity index (χ3v) is 3.83. The fourth-order valence-electron chi connectivity index (χ4n) is 2.65. The van der Waals surface area contributed by atoms with E-state index in [2.05, 4.69) is 6.58 Å². The van der Waals surface area contributed by atoms with Crippen molar-refractivity contribution in [2.45, 2.75) is 76.7 Å². The lowest BCUT2D eigenvalue weighted by Gasteiger charge is -2.19. The first-order chi connectivity index (χ1) is 7.84. The Labute approximate surface area is 101 Å². The Kier molecular flexibility index (Phi) is 7.58. The molecule has 1 rings (SSSR count). The number of hydrogen-bond donors (Lipinski definition) is 1. The Morgan fingerprint density at radius 2 is 1.19 bits per heavy atom. The fraction of sp³-hybridized carbons (Fsp3) is 0.867. The highest BCUT2D eigenvalue weighted by atomic mass is 16.3. The van der Waals surface area contributed by atoms with Gasteiger partial charge in [-0.05, 0) is 12.8 Å². The molecule has 0 amide bonds. The average molecular weight is 224 g/mol. The standard InChI is InChI=1S/C15H28O/c1-2-14-12-10-8-6-4-3-5-7-9-11-13-15(14)16/h2,14-16H,1,3-13H2. The van der Waals surface area contributed by atoms with E-state index in [9.17, 15) is 5.11 Å². The smallest absolute Gasteiger partial charge is 0.0602 e. The normalized spacial score (nSPS) is 30.8. The quantitative estimate of drug-likeness (QED) is 0.652. The van der Waals surface area contributed by atoms with Gasteiger partial charge in [-0.15, -0.1) is 6.58 Å². The predicted molar refractivity (Wildman–Crippen MR) is 70.5 cm³/mol. The van der Waals surface area contributed by atoms with Crippen molar-refractivity contribution in [3.63, 3.8) is 0 Å². The second-order valence-corrected chi connectivity index (χ2v) is 5.23. The summed E-state index contributed by atoms with van der Waals surface area (Å²) in [5.74, 6) is 0.334. The molecular formula is C15H28O. The monoisotopic (exact) mass is 224 g/mol. The summed E-state index contributed by atoms with van der Waals surface area (Å²) in [5, 5.41) is 10.1. The molecule has 16 heavy (non-hydrogen) atoms. The molecule has 0 aliphatic heterocycles. The van der Waals surface area contributed by atoms with Crippen molar-refractivity contribution in [1.82, 2.24) is 0 Å². The lowest BCUT2D eigenvalue weighted by atomic mass is 9.92. The summed E-state index contributed by atoms with van der Waals surface area (Å²) in [7, 11) is 0. The Bertz CT molecular complexity index is 176. The van der Waals surface area contributed by atoms with Crippen LogP contribution in [0.25, 0.3) is 0 Å². The van der Waals surface area contributed by atoms with Gasteiger partial charge in [-0.3, -0.25) is 0 Å². The van der Waals surface area contributed by atoms with Gasteiger partial charge >= 0.3 is 0 Å². The summed E-state index contributed by atoms with van der Waals surface area (Å²) >= 11 is 0. The van der Waals surface area contributed by atoms with Gasteiger partial charge < -0.3 is 5.11 Å². The van der Waals surface area contributed by atoms with Gasteiger partial charge in [0.2, 0.25) is 0 Å². The van der Waals surface area contributed by atoms with Crippen molar-refractivity contribution >= 4 is 0 Å². The summed E-state index contributed by atoms with van der Waals surface area (Å²) < 4.78 is 0. The van der Waals surface area contributed by atoms with E-state index in [1.165, 1.54) is 57.8 Å². The Balaban J connectivity index is 2.33. The summed E-state index contributed by atoms with van der Waals surface area (Å²) in [6.07, 6.45) is 15.9. The van der Waals surface area contributed by atoms with Crippen LogP contribution < -0.4 is 0 Å². The SMILES string of the molecule is C=CC1CCCCCCCCCCCC1O. The van der Waals surface area contributed by atoms with Crippen molar-refractivity contribution in [3.8, 4) is 0 Å². The number of rotatable bonds is 1. The molecule has 0 spiro atoms. The molecule has 1 fully saturated rings. The summed E-state index contributed by atoms with van der Waals surface area (Å²) in [6, 6.07) is 0. The first-order valence-electron chi connectivity index (χ1n) is 7.15. The number of aliphatic hydroxyl groups excluding tert-OH is 1. The van der Waals surface area contributed by atoms with E-state index in [4.69, 9.17) is 0 Å². The molecule has 0 aromatic heterocycles. The van der Waals surface area contributed by atoms with Crippen LogP contribution in [0.4, 0.5) is 0 Å². The van der Waals surface area contributed by atoms with Gasteiger partial charge in [0.1, 0.15) is 0 Å². The maximum absolute atomic E-state index is 10.1. The van der Waals surface area contributed by atoms with Crippen molar-refractivity contribution in [1.29, 1.82) is 0 Å². The van der Waals surface area contributed by atoms with Gasteiger partial charge in [0, 0.05) is 5.92 Å². The first-order valence-corrected chi connectivity index (χ1v) is 7.15. The molecule has 1 heteroatoms. The van der Waals surface area contributed by atoms with E-state index in [0.29, 0.717) is 5.92 Å². The molecule has 1 aliphatic carbocycles. The summed E-state index contributed by atoms with van der Waals surface area (Å²) in [4.78, 5) is 0. The van der Waals surface area contributed by atoms with Crippen LogP contribution >= 0.6 is 0 Å². The highest BCUT2D eigenvalue weighted by Gasteiger charge is 2.15. The van der Waals surface area contributed by atoms with E-state index in [1.54, 1.807) is 0 Å². The first kappa shape index (κ1) is 13.8. The molecular weight excluding hydrogens is 196 g/mol. The van der Waals surface area contributed by atoms with E-state index in [0.717, 1.165) is 12.8 Å². The van der Waals surface area contributed by atoms with E-state index in [-0.39, 0.29) is 6.10 Å². The van der Waals surface area contributed by atoms with Crippen molar-refractivity contribution < 1.29 is 5.11 Å². The van der Waals surface area contributed by atoms with E-state index < -0.39 is 0 Å². The maximum atomic E-state index is 10.1. The largest absolute Gasteiger partial charge is 0.393 e. The third-order valence-electron chi connectivity index (χ3n) is 3.83. The molecule has 94 valence electrons. The maximum Gasteiger partial charge on any atom is 0.0602 e. The van der Waals surface area contributed by atoms with Crippen LogP contribution in [0, 0.1) is 5.92 Å². The van der Waals surface area contributed by atoms with Crippen LogP contribution in [0.3, 0.4) is 0 Å². The molecule has 0 aromatic carbocycles. The topological polar surface area (TPSA) is 20.2 Å². The predicted octanol–water partition coefficient (Wildman–Crippen LogP) is 4.45. The lowest BCUT2D eigenvalue weighted by molar-refractivity contribution is 0.112. The van der Waals surface area contributed by atoms with Gasteiger partial charge in [-0.2, -0.15) is 0 Å². The molecule has 2 atom stereocenters. The molecule has 2 unspecified atom stereocenters. The van der Waals surface area contributed by atoms with Gasteiger partial charge in [0.05, 0.1) is 6.10 Å².